The van der Waals surface area contributed by atoms with E-state index in [9.17, 15) is 0 Å². The molecule has 0 radical (unpaired) electrons. The number of unbranched alkanes of at least 4 members (excludes halogenated alkanes) is 1. The molecule has 154 valence electrons. The Hall–Kier alpha value is -2.63. The third-order valence-corrected chi connectivity index (χ3v) is 5.83. The zero-order chi connectivity index (χ0) is 20.1. The Morgan fingerprint density at radius 3 is 2.62 bits per heavy atom. The van der Waals surface area contributed by atoms with Crippen molar-refractivity contribution in [2.45, 2.75) is 64.7 Å². The van der Waals surface area contributed by atoms with Gasteiger partial charge in [0.1, 0.15) is 0 Å². The van der Waals surface area contributed by atoms with Gasteiger partial charge in [-0.3, -0.25) is 0 Å². The van der Waals surface area contributed by atoms with Crippen LogP contribution in [0.2, 0.25) is 0 Å². The van der Waals surface area contributed by atoms with Crippen LogP contribution in [0.1, 0.15) is 68.7 Å². The molecule has 2 heterocycles. The number of ether oxygens (including phenoxy) is 1. The number of rotatable bonds is 8. The van der Waals surface area contributed by atoms with E-state index < -0.39 is 0 Å². The van der Waals surface area contributed by atoms with Gasteiger partial charge in [0.25, 0.3) is 0 Å². The Morgan fingerprint density at radius 1 is 1.10 bits per heavy atom. The molecule has 0 aliphatic heterocycles. The smallest absolute Gasteiger partial charge is 0.336 e. The molecule has 2 N–H and O–H groups in total. The zero-order valence-electron chi connectivity index (χ0n) is 17.3. The van der Waals surface area contributed by atoms with Crippen LogP contribution in [0.5, 0.6) is 6.01 Å². The average molecular weight is 394 g/mol. The number of nitrogen functional groups attached to an aromatic ring is 1. The van der Waals surface area contributed by atoms with Gasteiger partial charge in [0.05, 0.1) is 18.5 Å². The lowest BCUT2D eigenvalue weighted by Gasteiger charge is -2.21. The molecule has 4 rings (SSSR count). The van der Waals surface area contributed by atoms with E-state index in [-0.39, 0.29) is 0 Å². The SMILES string of the molecule is CCCCOc1nc(N)c2ncc(Cc3ccc(CC4CCCCC4)cc3)n2n1. The van der Waals surface area contributed by atoms with Crippen molar-refractivity contribution in [1.29, 1.82) is 0 Å². The number of fused-ring (bicyclic) bond motifs is 1. The van der Waals surface area contributed by atoms with Crippen LogP contribution in [0.25, 0.3) is 5.65 Å². The fourth-order valence-corrected chi connectivity index (χ4v) is 4.14. The summed E-state index contributed by atoms with van der Waals surface area (Å²) in [5, 5.41) is 4.50. The van der Waals surface area contributed by atoms with Crippen molar-refractivity contribution in [3.8, 4) is 6.01 Å². The Morgan fingerprint density at radius 2 is 1.86 bits per heavy atom. The summed E-state index contributed by atoms with van der Waals surface area (Å²) in [4.78, 5) is 8.63. The summed E-state index contributed by atoms with van der Waals surface area (Å²) in [6, 6.07) is 9.30. The first kappa shape index (κ1) is 19.7. The molecule has 1 fully saturated rings. The van der Waals surface area contributed by atoms with Crippen LogP contribution in [0.4, 0.5) is 5.82 Å². The first-order valence-electron chi connectivity index (χ1n) is 10.9. The highest BCUT2D eigenvalue weighted by Gasteiger charge is 2.15. The Kier molecular flexibility index (Phi) is 6.27. The largest absolute Gasteiger partial charge is 0.462 e. The van der Waals surface area contributed by atoms with Crippen molar-refractivity contribution in [1.82, 2.24) is 19.6 Å². The standard InChI is InChI=1S/C23H31N5O/c1-2-3-13-29-23-26-21(24)22-25-16-20(28(22)27-23)15-19-11-9-18(10-12-19)14-17-7-5-4-6-8-17/h9-12,16-17H,2-8,13-15H2,1H3,(H2,24,26,27). The van der Waals surface area contributed by atoms with Gasteiger partial charge >= 0.3 is 6.01 Å². The van der Waals surface area contributed by atoms with Crippen LogP contribution in [-0.4, -0.2) is 26.2 Å². The van der Waals surface area contributed by atoms with Gasteiger partial charge in [-0.05, 0) is 29.9 Å². The fourth-order valence-electron chi connectivity index (χ4n) is 4.14. The number of imidazole rings is 1. The van der Waals surface area contributed by atoms with Gasteiger partial charge in [-0.15, -0.1) is 5.10 Å². The molecule has 0 saturated heterocycles. The third kappa shape index (κ3) is 4.86. The Balaban J connectivity index is 1.46. The van der Waals surface area contributed by atoms with Gasteiger partial charge in [0.2, 0.25) is 0 Å². The van der Waals surface area contributed by atoms with Gasteiger partial charge in [-0.1, -0.05) is 69.7 Å². The van der Waals surface area contributed by atoms with Crippen molar-refractivity contribution >= 4 is 11.5 Å². The number of anilines is 1. The molecule has 2 aromatic heterocycles. The highest BCUT2D eigenvalue weighted by molar-refractivity contribution is 5.59. The van der Waals surface area contributed by atoms with E-state index in [2.05, 4.69) is 46.3 Å². The predicted molar refractivity (Wildman–Crippen MR) is 115 cm³/mol. The molecule has 1 aliphatic rings. The van der Waals surface area contributed by atoms with Crippen LogP contribution < -0.4 is 10.5 Å². The van der Waals surface area contributed by atoms with Crippen LogP contribution in [0.3, 0.4) is 0 Å². The second-order valence-corrected chi connectivity index (χ2v) is 8.17. The highest BCUT2D eigenvalue weighted by atomic mass is 16.5. The molecule has 1 aliphatic carbocycles. The average Bonchev–Trinajstić information content (AvgIpc) is 3.14. The number of nitrogens with two attached hydrogens (primary N) is 1. The molecule has 1 aromatic carbocycles. The van der Waals surface area contributed by atoms with Crippen LogP contribution >= 0.6 is 0 Å². The van der Waals surface area contributed by atoms with Crippen molar-refractivity contribution in [3.05, 3.63) is 47.3 Å². The summed E-state index contributed by atoms with van der Waals surface area (Å²) in [5.41, 5.74) is 10.3. The molecule has 0 amide bonds. The molecule has 6 heteroatoms. The predicted octanol–water partition coefficient (Wildman–Crippen LogP) is 4.60. The van der Waals surface area contributed by atoms with Crippen molar-refractivity contribution in [3.63, 3.8) is 0 Å². The lowest BCUT2D eigenvalue weighted by molar-refractivity contribution is 0.280. The molecule has 0 unspecified atom stereocenters. The Bertz CT molecular complexity index is 928. The maximum Gasteiger partial charge on any atom is 0.336 e. The van der Waals surface area contributed by atoms with E-state index in [1.54, 1.807) is 4.52 Å². The topological polar surface area (TPSA) is 78.3 Å². The van der Waals surface area contributed by atoms with Gasteiger partial charge < -0.3 is 10.5 Å². The number of hydrogen-bond acceptors (Lipinski definition) is 5. The van der Waals surface area contributed by atoms with Gasteiger partial charge in [0, 0.05) is 6.42 Å². The molecular formula is C23H31N5O. The quantitative estimate of drug-likeness (QED) is 0.566. The van der Waals surface area contributed by atoms with E-state index in [0.717, 1.165) is 30.9 Å². The molecule has 1 saturated carbocycles. The first-order chi connectivity index (χ1) is 14.2. The summed E-state index contributed by atoms with van der Waals surface area (Å²) in [7, 11) is 0. The zero-order valence-corrected chi connectivity index (χ0v) is 17.3. The van der Waals surface area contributed by atoms with Crippen LogP contribution in [0.15, 0.2) is 30.5 Å². The Labute approximate surface area is 172 Å². The van der Waals surface area contributed by atoms with E-state index in [4.69, 9.17) is 10.5 Å². The minimum Gasteiger partial charge on any atom is -0.462 e. The van der Waals surface area contributed by atoms with Crippen molar-refractivity contribution in [2.75, 3.05) is 12.3 Å². The number of benzene rings is 1. The van der Waals surface area contributed by atoms with Gasteiger partial charge in [0.15, 0.2) is 11.5 Å². The molecule has 0 bridgehead atoms. The molecule has 3 aromatic rings. The lowest BCUT2D eigenvalue weighted by Crippen LogP contribution is -2.09. The van der Waals surface area contributed by atoms with Crippen LogP contribution in [0, 0.1) is 5.92 Å². The maximum absolute atomic E-state index is 6.06. The fraction of sp³-hybridized carbons (Fsp3) is 0.522. The summed E-state index contributed by atoms with van der Waals surface area (Å²) in [6.07, 6.45) is 12.8. The minimum atomic E-state index is 0.311. The van der Waals surface area contributed by atoms with E-state index in [1.807, 2.05) is 6.20 Å². The first-order valence-corrected chi connectivity index (χ1v) is 10.9. The minimum absolute atomic E-state index is 0.311. The van der Waals surface area contributed by atoms with E-state index in [0.29, 0.717) is 24.1 Å². The van der Waals surface area contributed by atoms with Crippen LogP contribution in [-0.2, 0) is 12.8 Å². The maximum atomic E-state index is 6.06. The normalized spacial score (nSPS) is 15.1. The molecule has 0 atom stereocenters. The second-order valence-electron chi connectivity index (χ2n) is 8.17. The third-order valence-electron chi connectivity index (χ3n) is 5.83. The number of hydrogen-bond donors (Lipinski definition) is 1. The summed E-state index contributed by atoms with van der Waals surface area (Å²) in [6.45, 7) is 2.71. The molecule has 0 spiro atoms. The highest BCUT2D eigenvalue weighted by Crippen LogP contribution is 2.27. The van der Waals surface area contributed by atoms with Crippen molar-refractivity contribution < 1.29 is 4.74 Å². The van der Waals surface area contributed by atoms with Gasteiger partial charge in [-0.2, -0.15) is 4.98 Å². The number of aromatic nitrogens is 4. The summed E-state index contributed by atoms with van der Waals surface area (Å²) in [5.74, 6) is 1.21. The summed E-state index contributed by atoms with van der Waals surface area (Å²) < 4.78 is 7.41. The molecular weight excluding hydrogens is 362 g/mol. The monoisotopic (exact) mass is 393 g/mol. The molecule has 6 nitrogen and oxygen atoms in total. The summed E-state index contributed by atoms with van der Waals surface area (Å²) >= 11 is 0. The van der Waals surface area contributed by atoms with E-state index >= 15 is 0 Å². The van der Waals surface area contributed by atoms with Gasteiger partial charge in [-0.25, -0.2) is 9.50 Å². The molecule has 29 heavy (non-hydrogen) atoms. The lowest BCUT2D eigenvalue weighted by atomic mass is 9.85. The van der Waals surface area contributed by atoms with E-state index in [1.165, 1.54) is 49.7 Å². The second kappa shape index (κ2) is 9.25. The number of nitrogens with zero attached hydrogens (tertiary/aromatic N) is 4. The van der Waals surface area contributed by atoms with Crippen molar-refractivity contribution in [2.24, 2.45) is 5.92 Å².